The summed E-state index contributed by atoms with van der Waals surface area (Å²) in [4.78, 5) is 24.7. The Morgan fingerprint density at radius 1 is 1.09 bits per heavy atom. The van der Waals surface area contributed by atoms with E-state index in [1.165, 1.54) is 37.5 Å². The van der Waals surface area contributed by atoms with Gasteiger partial charge in [0, 0.05) is 16.4 Å². The summed E-state index contributed by atoms with van der Waals surface area (Å²) in [6, 6.07) is 17.0. The third kappa shape index (κ3) is 7.43. The lowest BCUT2D eigenvalue weighted by Crippen LogP contribution is -2.20. The van der Waals surface area contributed by atoms with Gasteiger partial charge in [-0.2, -0.15) is 5.26 Å². The second-order valence-corrected chi connectivity index (χ2v) is 8.61. The van der Waals surface area contributed by atoms with Crippen molar-refractivity contribution >= 4 is 63.5 Å². The first-order chi connectivity index (χ1) is 16.8. The average Bonchev–Trinajstić information content (AvgIpc) is 2.84. The van der Waals surface area contributed by atoms with Gasteiger partial charge >= 0.3 is 0 Å². The number of ether oxygens (including phenoxy) is 2. The van der Waals surface area contributed by atoms with Crippen LogP contribution in [0.4, 0.5) is 15.8 Å². The van der Waals surface area contributed by atoms with Gasteiger partial charge in [-0.05, 0) is 94.9 Å². The van der Waals surface area contributed by atoms with Crippen LogP contribution in [0.25, 0.3) is 6.08 Å². The highest BCUT2D eigenvalue weighted by Crippen LogP contribution is 2.34. The van der Waals surface area contributed by atoms with Gasteiger partial charge in [0.2, 0.25) is 0 Å². The van der Waals surface area contributed by atoms with E-state index >= 15 is 0 Å². The second-order valence-electron chi connectivity index (χ2n) is 7.01. The highest BCUT2D eigenvalue weighted by Gasteiger charge is 2.15. The number of anilines is 2. The summed E-state index contributed by atoms with van der Waals surface area (Å²) in [7, 11) is 1.44. The van der Waals surface area contributed by atoms with Crippen molar-refractivity contribution in [2.45, 2.75) is 0 Å². The van der Waals surface area contributed by atoms with Gasteiger partial charge < -0.3 is 20.1 Å². The van der Waals surface area contributed by atoms with Gasteiger partial charge in [-0.15, -0.1) is 0 Å². The van der Waals surface area contributed by atoms with Crippen LogP contribution in [-0.4, -0.2) is 25.5 Å². The highest BCUT2D eigenvalue weighted by molar-refractivity contribution is 14.1. The number of nitrogens with one attached hydrogen (secondary N) is 2. The van der Waals surface area contributed by atoms with Crippen molar-refractivity contribution in [3.8, 4) is 17.6 Å². The predicted octanol–water partition coefficient (Wildman–Crippen LogP) is 5.66. The van der Waals surface area contributed by atoms with Crippen LogP contribution in [0.1, 0.15) is 5.56 Å². The number of hydrogen-bond acceptors (Lipinski definition) is 5. The van der Waals surface area contributed by atoms with Crippen molar-refractivity contribution in [3.63, 3.8) is 0 Å². The molecule has 2 amide bonds. The number of methoxy groups -OCH3 is 1. The summed E-state index contributed by atoms with van der Waals surface area (Å²) in [5.41, 5.74) is 1.27. The van der Waals surface area contributed by atoms with E-state index in [0.29, 0.717) is 37.0 Å². The molecule has 3 rings (SSSR count). The van der Waals surface area contributed by atoms with Crippen LogP contribution in [0.5, 0.6) is 11.5 Å². The number of nitrogens with zero attached hydrogens (tertiary/aromatic N) is 1. The van der Waals surface area contributed by atoms with Gasteiger partial charge in [0.1, 0.15) is 17.5 Å². The lowest BCUT2D eigenvalue weighted by Gasteiger charge is -2.14. The third-order valence-electron chi connectivity index (χ3n) is 4.51. The summed E-state index contributed by atoms with van der Waals surface area (Å²) in [5.74, 6) is -0.805. The Morgan fingerprint density at radius 3 is 2.34 bits per heavy atom. The van der Waals surface area contributed by atoms with Crippen molar-refractivity contribution in [1.82, 2.24) is 0 Å². The molecule has 0 fully saturated rings. The molecule has 3 aromatic rings. The maximum Gasteiger partial charge on any atom is 0.266 e. The number of halogens is 3. The van der Waals surface area contributed by atoms with Crippen LogP contribution in [0.15, 0.2) is 66.2 Å². The Balaban J connectivity index is 1.72. The second kappa shape index (κ2) is 12.2. The Kier molecular flexibility index (Phi) is 9.05. The summed E-state index contributed by atoms with van der Waals surface area (Å²) in [6.45, 7) is -0.270. The summed E-state index contributed by atoms with van der Waals surface area (Å²) in [6.07, 6.45) is 1.39. The molecule has 0 radical (unpaired) electrons. The largest absolute Gasteiger partial charge is 0.493 e. The summed E-state index contributed by atoms with van der Waals surface area (Å²) < 4.78 is 24.7. The van der Waals surface area contributed by atoms with Gasteiger partial charge in [0.25, 0.3) is 11.8 Å². The molecule has 0 aliphatic heterocycles. The molecule has 7 nitrogen and oxygen atoms in total. The van der Waals surface area contributed by atoms with Crippen LogP contribution < -0.4 is 20.1 Å². The van der Waals surface area contributed by atoms with Crippen molar-refractivity contribution in [2.75, 3.05) is 24.4 Å². The minimum atomic E-state index is -0.646. The zero-order valence-corrected chi connectivity index (χ0v) is 21.2. The van der Waals surface area contributed by atoms with E-state index in [0.717, 1.165) is 0 Å². The monoisotopic (exact) mass is 605 g/mol. The van der Waals surface area contributed by atoms with E-state index in [2.05, 4.69) is 10.6 Å². The minimum Gasteiger partial charge on any atom is -0.493 e. The molecule has 0 bridgehead atoms. The standard InChI is InChI=1S/C25H18ClFIN3O4/c1-34-22-12-15(10-16(13-29)25(33)31-20-8-4-18(27)5-9-20)11-21(28)24(22)35-14-23(32)30-19-6-2-17(26)3-7-19/h2-12H,14H2,1H3,(H,30,32)(H,31,33)/b16-10+. The smallest absolute Gasteiger partial charge is 0.266 e. The van der Waals surface area contributed by atoms with Gasteiger partial charge in [0.15, 0.2) is 18.1 Å². The molecule has 35 heavy (non-hydrogen) atoms. The van der Waals surface area contributed by atoms with Crippen LogP contribution >= 0.6 is 34.2 Å². The van der Waals surface area contributed by atoms with E-state index < -0.39 is 11.7 Å². The Hall–Kier alpha value is -3.62. The number of carbonyl (C=O) groups is 2. The topological polar surface area (TPSA) is 100 Å². The summed E-state index contributed by atoms with van der Waals surface area (Å²) >= 11 is 7.85. The molecule has 0 unspecified atom stereocenters. The maximum absolute atomic E-state index is 13.1. The zero-order chi connectivity index (χ0) is 25.4. The molecule has 0 aliphatic carbocycles. The van der Waals surface area contributed by atoms with Gasteiger partial charge in [-0.1, -0.05) is 11.6 Å². The predicted molar refractivity (Wildman–Crippen MR) is 140 cm³/mol. The fraction of sp³-hybridized carbons (Fsp3) is 0.0800. The Bertz CT molecular complexity index is 1310. The number of carbonyl (C=O) groups excluding carboxylic acids is 2. The molecule has 0 heterocycles. The first-order valence-electron chi connectivity index (χ1n) is 10.0. The number of rotatable bonds is 8. The fourth-order valence-corrected chi connectivity index (χ4v) is 3.79. The minimum absolute atomic E-state index is 0.164. The molecule has 3 aromatic carbocycles. The van der Waals surface area contributed by atoms with Crippen molar-refractivity contribution in [3.05, 3.63) is 86.2 Å². The number of amides is 2. The molecule has 0 aliphatic rings. The Morgan fingerprint density at radius 2 is 1.71 bits per heavy atom. The zero-order valence-electron chi connectivity index (χ0n) is 18.3. The van der Waals surface area contributed by atoms with Crippen LogP contribution in [0, 0.1) is 20.7 Å². The first kappa shape index (κ1) is 26.0. The molecule has 10 heteroatoms. The first-order valence-corrected chi connectivity index (χ1v) is 11.5. The highest BCUT2D eigenvalue weighted by atomic mass is 127. The van der Waals surface area contributed by atoms with Gasteiger partial charge in [0.05, 0.1) is 10.7 Å². The normalized spacial score (nSPS) is 10.8. The maximum atomic E-state index is 13.1. The van der Waals surface area contributed by atoms with Crippen LogP contribution in [0.3, 0.4) is 0 Å². The summed E-state index contributed by atoms with van der Waals surface area (Å²) in [5, 5.41) is 15.3. The van der Waals surface area contributed by atoms with Crippen LogP contribution in [0.2, 0.25) is 5.02 Å². The van der Waals surface area contributed by atoms with Gasteiger partial charge in [-0.3, -0.25) is 9.59 Å². The fourth-order valence-electron chi connectivity index (χ4n) is 2.88. The van der Waals surface area contributed by atoms with E-state index in [1.54, 1.807) is 36.4 Å². The quantitative estimate of drug-likeness (QED) is 0.196. The van der Waals surface area contributed by atoms with Crippen molar-refractivity contribution in [2.24, 2.45) is 0 Å². The van der Waals surface area contributed by atoms with Crippen LogP contribution in [-0.2, 0) is 9.59 Å². The lowest BCUT2D eigenvalue weighted by molar-refractivity contribution is -0.118. The van der Waals surface area contributed by atoms with Crippen molar-refractivity contribution < 1.29 is 23.5 Å². The molecule has 178 valence electrons. The molecule has 0 atom stereocenters. The molecule has 0 saturated heterocycles. The third-order valence-corrected chi connectivity index (χ3v) is 5.56. The number of hydrogen-bond donors (Lipinski definition) is 2. The lowest BCUT2D eigenvalue weighted by atomic mass is 10.1. The molecule has 0 saturated carbocycles. The van der Waals surface area contributed by atoms with E-state index in [-0.39, 0.29) is 18.1 Å². The molecule has 0 spiro atoms. The van der Waals surface area contributed by atoms with E-state index in [1.807, 2.05) is 28.7 Å². The molecular formula is C25H18ClFIN3O4. The van der Waals surface area contributed by atoms with E-state index in [9.17, 15) is 19.2 Å². The number of nitriles is 1. The van der Waals surface area contributed by atoms with E-state index in [4.69, 9.17) is 21.1 Å². The average molecular weight is 606 g/mol. The molecule has 2 N–H and O–H groups in total. The Labute approximate surface area is 219 Å². The SMILES string of the molecule is COc1cc(/C=C(\C#N)C(=O)Nc2ccc(F)cc2)cc(I)c1OCC(=O)Nc1ccc(Cl)cc1. The molecular weight excluding hydrogens is 588 g/mol. The van der Waals surface area contributed by atoms with Gasteiger partial charge in [-0.25, -0.2) is 4.39 Å². The number of benzene rings is 3. The molecule has 0 aromatic heterocycles. The van der Waals surface area contributed by atoms with Crippen molar-refractivity contribution in [1.29, 1.82) is 5.26 Å².